The van der Waals surface area contributed by atoms with E-state index in [4.69, 9.17) is 11.6 Å². The van der Waals surface area contributed by atoms with Gasteiger partial charge in [-0.2, -0.15) is 0 Å². The first-order chi connectivity index (χ1) is 9.36. The molecule has 2 atom stereocenters. The second-order valence-corrected chi connectivity index (χ2v) is 6.97. The van der Waals surface area contributed by atoms with Gasteiger partial charge < -0.3 is 5.32 Å². The first-order valence-electron chi connectivity index (χ1n) is 6.98. The fraction of sp³-hybridized carbons (Fsp3) is 0.500. The zero-order valence-electron chi connectivity index (χ0n) is 11.7. The van der Waals surface area contributed by atoms with Crippen LogP contribution in [0.15, 0.2) is 24.3 Å². The number of nitrogens with one attached hydrogen (secondary N) is 1. The number of carbonyl (C=O) groups excluding carboxylic acids is 2. The third-order valence-electron chi connectivity index (χ3n) is 5.09. The van der Waals surface area contributed by atoms with Crippen LogP contribution in [-0.4, -0.2) is 11.7 Å². The Kier molecular flexibility index (Phi) is 2.94. The van der Waals surface area contributed by atoms with E-state index >= 15 is 0 Å². The molecule has 0 radical (unpaired) electrons. The number of Topliss-reactive ketones (excluding diaryl/α,β-unsaturated/α-hetero) is 1. The SMILES string of the molecule is CC1(C)C(=O)[C@]2(C(=O)Nc3ccc(Cl)cc3)CC[C@H]1C2. The highest BCUT2D eigenvalue weighted by Gasteiger charge is 2.64. The summed E-state index contributed by atoms with van der Waals surface area (Å²) in [5.74, 6) is 0.288. The molecule has 2 saturated carbocycles. The molecule has 106 valence electrons. The molecule has 2 aliphatic carbocycles. The van der Waals surface area contributed by atoms with E-state index in [0.29, 0.717) is 29.5 Å². The highest BCUT2D eigenvalue weighted by molar-refractivity contribution is 6.30. The van der Waals surface area contributed by atoms with Crippen molar-refractivity contribution >= 4 is 29.0 Å². The van der Waals surface area contributed by atoms with Gasteiger partial charge in [0.1, 0.15) is 5.41 Å². The lowest BCUT2D eigenvalue weighted by atomic mass is 9.70. The maximum absolute atomic E-state index is 12.6. The molecule has 3 nitrogen and oxygen atoms in total. The molecule has 2 fully saturated rings. The van der Waals surface area contributed by atoms with Crippen LogP contribution in [0.25, 0.3) is 0 Å². The van der Waals surface area contributed by atoms with Gasteiger partial charge in [-0.15, -0.1) is 0 Å². The van der Waals surface area contributed by atoms with E-state index in [1.165, 1.54) is 0 Å². The molecule has 20 heavy (non-hydrogen) atoms. The van der Waals surface area contributed by atoms with E-state index in [1.54, 1.807) is 24.3 Å². The third kappa shape index (κ3) is 1.80. The normalized spacial score (nSPS) is 30.6. The molecule has 2 bridgehead atoms. The molecule has 3 rings (SSSR count). The van der Waals surface area contributed by atoms with Crippen molar-refractivity contribution in [2.24, 2.45) is 16.7 Å². The van der Waals surface area contributed by atoms with Crippen molar-refractivity contribution in [3.8, 4) is 0 Å². The minimum Gasteiger partial charge on any atom is -0.325 e. The van der Waals surface area contributed by atoms with Gasteiger partial charge in [-0.25, -0.2) is 0 Å². The lowest BCUT2D eigenvalue weighted by Gasteiger charge is -2.32. The third-order valence-corrected chi connectivity index (χ3v) is 5.34. The number of rotatable bonds is 2. The van der Waals surface area contributed by atoms with E-state index < -0.39 is 5.41 Å². The number of ketones is 1. The number of hydrogen-bond donors (Lipinski definition) is 1. The second-order valence-electron chi connectivity index (χ2n) is 6.53. The summed E-state index contributed by atoms with van der Waals surface area (Å²) >= 11 is 5.83. The van der Waals surface area contributed by atoms with E-state index in [9.17, 15) is 9.59 Å². The van der Waals surface area contributed by atoms with Crippen molar-refractivity contribution in [2.45, 2.75) is 33.1 Å². The first kappa shape index (κ1) is 13.6. The lowest BCUT2D eigenvalue weighted by molar-refractivity contribution is -0.142. The topological polar surface area (TPSA) is 46.2 Å². The number of fused-ring (bicyclic) bond motifs is 2. The van der Waals surface area contributed by atoms with Crippen LogP contribution >= 0.6 is 11.6 Å². The average molecular weight is 292 g/mol. The van der Waals surface area contributed by atoms with Gasteiger partial charge in [0.2, 0.25) is 5.91 Å². The quantitative estimate of drug-likeness (QED) is 0.845. The maximum atomic E-state index is 12.6. The minimum absolute atomic E-state index is 0.104. The Morgan fingerprint density at radius 2 is 1.95 bits per heavy atom. The molecular weight excluding hydrogens is 274 g/mol. The summed E-state index contributed by atoms with van der Waals surface area (Å²) in [5, 5.41) is 3.50. The number of anilines is 1. The van der Waals surface area contributed by atoms with Crippen molar-refractivity contribution in [3.05, 3.63) is 29.3 Å². The standard InChI is InChI=1S/C16H18ClNO2/c1-15(2)10-7-8-16(9-10,13(15)19)14(20)18-12-5-3-11(17)4-6-12/h3-6,10H,7-9H2,1-2H3,(H,18,20)/t10-,16-/m0/s1. The molecule has 0 saturated heterocycles. The van der Waals surface area contributed by atoms with Crippen LogP contribution in [0.4, 0.5) is 5.69 Å². The van der Waals surface area contributed by atoms with E-state index in [1.807, 2.05) is 13.8 Å². The van der Waals surface area contributed by atoms with Crippen molar-refractivity contribution in [1.29, 1.82) is 0 Å². The molecule has 0 unspecified atom stereocenters. The molecule has 1 N–H and O–H groups in total. The molecule has 1 amide bonds. The monoisotopic (exact) mass is 291 g/mol. The van der Waals surface area contributed by atoms with Gasteiger partial charge in [0.25, 0.3) is 0 Å². The molecule has 1 aromatic carbocycles. The smallest absolute Gasteiger partial charge is 0.238 e. The summed E-state index contributed by atoms with van der Waals surface area (Å²) in [6.07, 6.45) is 2.34. The van der Waals surface area contributed by atoms with Crippen molar-refractivity contribution < 1.29 is 9.59 Å². The lowest BCUT2D eigenvalue weighted by Crippen LogP contribution is -2.44. The van der Waals surface area contributed by atoms with Crippen molar-refractivity contribution in [1.82, 2.24) is 0 Å². The van der Waals surface area contributed by atoms with Crippen LogP contribution in [0, 0.1) is 16.7 Å². The molecule has 4 heteroatoms. The second kappa shape index (κ2) is 4.32. The number of halogens is 1. The molecular formula is C16H18ClNO2. The van der Waals surface area contributed by atoms with Crippen LogP contribution in [-0.2, 0) is 9.59 Å². The van der Waals surface area contributed by atoms with Crippen LogP contribution in [0.3, 0.4) is 0 Å². The molecule has 0 aliphatic heterocycles. The fourth-order valence-corrected chi connectivity index (χ4v) is 3.89. The highest BCUT2D eigenvalue weighted by Crippen LogP contribution is 2.60. The minimum atomic E-state index is -0.812. The van der Waals surface area contributed by atoms with E-state index in [0.717, 1.165) is 6.42 Å². The maximum Gasteiger partial charge on any atom is 0.238 e. The van der Waals surface area contributed by atoms with Gasteiger partial charge in [0, 0.05) is 16.1 Å². The summed E-state index contributed by atoms with van der Waals surface area (Å²) in [4.78, 5) is 25.2. The van der Waals surface area contributed by atoms with Crippen molar-refractivity contribution in [2.75, 3.05) is 5.32 Å². The summed E-state index contributed by atoms with van der Waals surface area (Å²) in [5.41, 5.74) is -0.488. The predicted molar refractivity (Wildman–Crippen MR) is 78.6 cm³/mol. The van der Waals surface area contributed by atoms with Crippen molar-refractivity contribution in [3.63, 3.8) is 0 Å². The molecule has 0 aromatic heterocycles. The Balaban J connectivity index is 1.84. The number of amides is 1. The van der Waals surface area contributed by atoms with Gasteiger partial charge >= 0.3 is 0 Å². The summed E-state index contributed by atoms with van der Waals surface area (Å²) in [6, 6.07) is 6.97. The van der Waals surface area contributed by atoms with E-state index in [2.05, 4.69) is 5.32 Å². The van der Waals surface area contributed by atoms with Gasteiger partial charge in [-0.05, 0) is 49.4 Å². The summed E-state index contributed by atoms with van der Waals surface area (Å²) in [6.45, 7) is 3.94. The van der Waals surface area contributed by atoms with Gasteiger partial charge in [-0.3, -0.25) is 9.59 Å². The molecule has 0 heterocycles. The Morgan fingerprint density at radius 3 is 2.50 bits per heavy atom. The van der Waals surface area contributed by atoms with Crippen LogP contribution < -0.4 is 5.32 Å². The summed E-state index contributed by atoms with van der Waals surface area (Å²) < 4.78 is 0. The van der Waals surface area contributed by atoms with Crippen LogP contribution in [0.1, 0.15) is 33.1 Å². The first-order valence-corrected chi connectivity index (χ1v) is 7.36. The Hall–Kier alpha value is -1.35. The van der Waals surface area contributed by atoms with Gasteiger partial charge in [0.15, 0.2) is 5.78 Å². The average Bonchev–Trinajstić information content (AvgIpc) is 2.93. The predicted octanol–water partition coefficient (Wildman–Crippen LogP) is 3.67. The van der Waals surface area contributed by atoms with E-state index in [-0.39, 0.29) is 17.1 Å². The number of carbonyl (C=O) groups is 2. The highest BCUT2D eigenvalue weighted by atomic mass is 35.5. The van der Waals surface area contributed by atoms with Gasteiger partial charge in [-0.1, -0.05) is 25.4 Å². The zero-order valence-corrected chi connectivity index (χ0v) is 12.5. The molecule has 2 aliphatic rings. The Morgan fingerprint density at radius 1 is 1.30 bits per heavy atom. The fourth-order valence-electron chi connectivity index (χ4n) is 3.76. The largest absolute Gasteiger partial charge is 0.325 e. The summed E-state index contributed by atoms with van der Waals surface area (Å²) in [7, 11) is 0. The zero-order chi connectivity index (χ0) is 14.5. The molecule has 0 spiro atoms. The van der Waals surface area contributed by atoms with Crippen LogP contribution in [0.2, 0.25) is 5.02 Å². The molecule has 1 aromatic rings. The number of hydrogen-bond acceptors (Lipinski definition) is 2. The Labute approximate surface area is 123 Å². The Bertz CT molecular complexity index is 579. The van der Waals surface area contributed by atoms with Crippen LogP contribution in [0.5, 0.6) is 0 Å². The number of benzene rings is 1. The van der Waals surface area contributed by atoms with Gasteiger partial charge in [0.05, 0.1) is 0 Å².